The molecule has 3 aromatic rings. The summed E-state index contributed by atoms with van der Waals surface area (Å²) in [7, 11) is 0. The third kappa shape index (κ3) is 5.83. The van der Waals surface area contributed by atoms with Crippen molar-refractivity contribution in [3.63, 3.8) is 0 Å². The number of piperazine rings is 1. The van der Waals surface area contributed by atoms with Crippen LogP contribution in [0.15, 0.2) is 72.9 Å². The van der Waals surface area contributed by atoms with Crippen LogP contribution in [0, 0.1) is 0 Å². The number of nitrogens with zero attached hydrogens (tertiary/aromatic N) is 3. The lowest BCUT2D eigenvalue weighted by molar-refractivity contribution is -0.134. The summed E-state index contributed by atoms with van der Waals surface area (Å²) in [6.45, 7) is 4.86. The minimum absolute atomic E-state index is 0.203. The molecule has 176 valence electrons. The Morgan fingerprint density at radius 1 is 0.941 bits per heavy atom. The Labute approximate surface area is 199 Å². The zero-order chi connectivity index (χ0) is 23.8. The Morgan fingerprint density at radius 2 is 1.68 bits per heavy atom. The second kappa shape index (κ2) is 11.2. The van der Waals surface area contributed by atoms with Crippen LogP contribution in [0.2, 0.25) is 0 Å². The maximum Gasteiger partial charge on any atom is 0.342 e. The van der Waals surface area contributed by atoms with Crippen LogP contribution in [0.1, 0.15) is 17.3 Å². The molecule has 34 heavy (non-hydrogen) atoms. The molecule has 0 spiro atoms. The standard InChI is InChI=1S/C26H28N4O4/c1-2-33-22-12-10-20(11-13-22)28-25-23(9-6-14-27-25)26(32)34-19-24(31)30-17-15-29(16-18-30)21-7-4-3-5-8-21/h3-14H,2,15-19H2,1H3,(H,27,28). The second-order valence-corrected chi connectivity index (χ2v) is 7.76. The maximum absolute atomic E-state index is 12.7. The number of esters is 1. The summed E-state index contributed by atoms with van der Waals surface area (Å²) in [6.07, 6.45) is 1.59. The minimum Gasteiger partial charge on any atom is -0.494 e. The highest BCUT2D eigenvalue weighted by atomic mass is 16.5. The number of pyridine rings is 1. The summed E-state index contributed by atoms with van der Waals surface area (Å²) in [4.78, 5) is 33.6. The number of amides is 1. The summed E-state index contributed by atoms with van der Waals surface area (Å²) in [5.41, 5.74) is 2.16. The van der Waals surface area contributed by atoms with Crippen LogP contribution < -0.4 is 15.0 Å². The number of para-hydroxylation sites is 1. The zero-order valence-electron chi connectivity index (χ0n) is 19.1. The SMILES string of the molecule is CCOc1ccc(Nc2ncccc2C(=O)OCC(=O)N2CCN(c3ccccc3)CC2)cc1. The molecule has 0 atom stereocenters. The Hall–Kier alpha value is -4.07. The molecule has 1 N–H and O–H groups in total. The number of benzene rings is 2. The molecule has 0 saturated carbocycles. The van der Waals surface area contributed by atoms with E-state index in [0.29, 0.717) is 25.5 Å². The number of aromatic nitrogens is 1. The summed E-state index contributed by atoms with van der Waals surface area (Å²) < 4.78 is 10.8. The highest BCUT2D eigenvalue weighted by molar-refractivity contribution is 5.96. The van der Waals surface area contributed by atoms with Crippen molar-refractivity contribution in [1.29, 1.82) is 0 Å². The van der Waals surface area contributed by atoms with E-state index in [0.717, 1.165) is 30.2 Å². The van der Waals surface area contributed by atoms with Gasteiger partial charge in [0, 0.05) is 43.8 Å². The van der Waals surface area contributed by atoms with Gasteiger partial charge in [-0.05, 0) is 55.5 Å². The van der Waals surface area contributed by atoms with Gasteiger partial charge < -0.3 is 24.6 Å². The molecule has 2 heterocycles. The van der Waals surface area contributed by atoms with Gasteiger partial charge in [-0.2, -0.15) is 0 Å². The van der Waals surface area contributed by atoms with E-state index in [2.05, 4.69) is 27.3 Å². The highest BCUT2D eigenvalue weighted by Crippen LogP contribution is 2.22. The topological polar surface area (TPSA) is 84.0 Å². The second-order valence-electron chi connectivity index (χ2n) is 7.76. The predicted octanol–water partition coefficient (Wildman–Crippen LogP) is 3.73. The smallest absolute Gasteiger partial charge is 0.342 e. The lowest BCUT2D eigenvalue weighted by Gasteiger charge is -2.36. The first-order valence-corrected chi connectivity index (χ1v) is 11.3. The molecular formula is C26H28N4O4. The molecule has 1 fully saturated rings. The van der Waals surface area contributed by atoms with Gasteiger partial charge in [0.1, 0.15) is 17.1 Å². The van der Waals surface area contributed by atoms with Crippen LogP contribution in [0.4, 0.5) is 17.2 Å². The van der Waals surface area contributed by atoms with E-state index in [1.54, 1.807) is 23.2 Å². The molecule has 4 rings (SSSR count). The molecule has 8 heteroatoms. The van der Waals surface area contributed by atoms with E-state index in [-0.39, 0.29) is 18.1 Å². The van der Waals surface area contributed by atoms with Crippen LogP contribution in [0.5, 0.6) is 5.75 Å². The zero-order valence-corrected chi connectivity index (χ0v) is 19.1. The van der Waals surface area contributed by atoms with E-state index >= 15 is 0 Å². The van der Waals surface area contributed by atoms with Crippen molar-refractivity contribution in [1.82, 2.24) is 9.88 Å². The molecule has 1 saturated heterocycles. The van der Waals surface area contributed by atoms with Crippen molar-refractivity contribution in [2.45, 2.75) is 6.92 Å². The molecule has 1 aliphatic heterocycles. The third-order valence-corrected chi connectivity index (χ3v) is 5.54. The minimum atomic E-state index is -0.599. The first-order valence-electron chi connectivity index (χ1n) is 11.3. The molecular weight excluding hydrogens is 432 g/mol. The van der Waals surface area contributed by atoms with E-state index in [9.17, 15) is 9.59 Å². The molecule has 0 aliphatic carbocycles. The van der Waals surface area contributed by atoms with Crippen molar-refractivity contribution in [2.24, 2.45) is 0 Å². The first kappa shape index (κ1) is 23.1. The van der Waals surface area contributed by atoms with Gasteiger partial charge in [0.15, 0.2) is 6.61 Å². The number of carbonyl (C=O) groups excluding carboxylic acids is 2. The maximum atomic E-state index is 12.7. The van der Waals surface area contributed by atoms with Gasteiger partial charge in [-0.1, -0.05) is 18.2 Å². The van der Waals surface area contributed by atoms with Crippen molar-refractivity contribution < 1.29 is 19.1 Å². The molecule has 0 bridgehead atoms. The van der Waals surface area contributed by atoms with Gasteiger partial charge in [0.25, 0.3) is 5.91 Å². The number of hydrogen-bond acceptors (Lipinski definition) is 7. The number of rotatable bonds is 8. The Balaban J connectivity index is 1.30. The van der Waals surface area contributed by atoms with Crippen LogP contribution in [0.25, 0.3) is 0 Å². The third-order valence-electron chi connectivity index (χ3n) is 5.54. The summed E-state index contributed by atoms with van der Waals surface area (Å²) in [5, 5.41) is 3.13. The van der Waals surface area contributed by atoms with Crippen LogP contribution in [-0.4, -0.2) is 61.2 Å². The van der Waals surface area contributed by atoms with E-state index in [1.807, 2.05) is 49.4 Å². The Morgan fingerprint density at radius 3 is 2.38 bits per heavy atom. The lowest BCUT2D eigenvalue weighted by Crippen LogP contribution is -2.49. The van der Waals surface area contributed by atoms with Crippen molar-refractivity contribution >= 4 is 29.1 Å². The predicted molar refractivity (Wildman–Crippen MR) is 131 cm³/mol. The molecule has 2 aromatic carbocycles. The molecule has 1 aromatic heterocycles. The average Bonchev–Trinajstić information content (AvgIpc) is 2.89. The van der Waals surface area contributed by atoms with Crippen LogP contribution in [0.3, 0.4) is 0 Å². The fraction of sp³-hybridized carbons (Fsp3) is 0.269. The van der Waals surface area contributed by atoms with Crippen LogP contribution >= 0.6 is 0 Å². The molecule has 0 unspecified atom stereocenters. The fourth-order valence-electron chi connectivity index (χ4n) is 3.76. The number of carbonyl (C=O) groups is 2. The van der Waals surface area contributed by atoms with Crippen LogP contribution in [-0.2, 0) is 9.53 Å². The summed E-state index contributed by atoms with van der Waals surface area (Å²) in [6, 6.07) is 20.7. The normalized spacial score (nSPS) is 13.3. The number of anilines is 3. The number of ether oxygens (including phenoxy) is 2. The molecule has 0 radical (unpaired) electrons. The fourth-order valence-corrected chi connectivity index (χ4v) is 3.76. The molecule has 1 aliphatic rings. The van der Waals surface area contributed by atoms with Gasteiger partial charge in [-0.15, -0.1) is 0 Å². The van der Waals surface area contributed by atoms with Crippen molar-refractivity contribution in [2.75, 3.05) is 49.6 Å². The average molecular weight is 461 g/mol. The van der Waals surface area contributed by atoms with E-state index < -0.39 is 5.97 Å². The van der Waals surface area contributed by atoms with Gasteiger partial charge >= 0.3 is 5.97 Å². The first-order chi connectivity index (χ1) is 16.6. The van der Waals surface area contributed by atoms with Gasteiger partial charge in [-0.3, -0.25) is 4.79 Å². The highest BCUT2D eigenvalue weighted by Gasteiger charge is 2.23. The number of hydrogen-bond donors (Lipinski definition) is 1. The monoisotopic (exact) mass is 460 g/mol. The van der Waals surface area contributed by atoms with Gasteiger partial charge in [0.2, 0.25) is 0 Å². The Kier molecular flexibility index (Phi) is 7.60. The molecule has 1 amide bonds. The number of nitrogens with one attached hydrogen (secondary N) is 1. The quantitative estimate of drug-likeness (QED) is 0.513. The van der Waals surface area contributed by atoms with E-state index in [1.165, 1.54) is 0 Å². The summed E-state index contributed by atoms with van der Waals surface area (Å²) in [5.74, 6) is 0.321. The summed E-state index contributed by atoms with van der Waals surface area (Å²) >= 11 is 0. The van der Waals surface area contributed by atoms with Gasteiger partial charge in [-0.25, -0.2) is 9.78 Å². The van der Waals surface area contributed by atoms with Crippen molar-refractivity contribution in [3.8, 4) is 5.75 Å². The van der Waals surface area contributed by atoms with Crippen molar-refractivity contribution in [3.05, 3.63) is 78.5 Å². The lowest BCUT2D eigenvalue weighted by atomic mass is 10.2. The largest absolute Gasteiger partial charge is 0.494 e. The Bertz CT molecular complexity index is 1100. The van der Waals surface area contributed by atoms with Gasteiger partial charge in [0.05, 0.1) is 6.61 Å². The van der Waals surface area contributed by atoms with E-state index in [4.69, 9.17) is 9.47 Å². The molecule has 8 nitrogen and oxygen atoms in total.